The summed E-state index contributed by atoms with van der Waals surface area (Å²) in [5, 5.41) is 9.73. The van der Waals surface area contributed by atoms with Gasteiger partial charge in [-0.3, -0.25) is 4.79 Å². The minimum Gasteiger partial charge on any atom is -0.508 e. The van der Waals surface area contributed by atoms with Gasteiger partial charge in [-0.1, -0.05) is 30.3 Å². The molecule has 8 heteroatoms. The molecule has 0 aliphatic carbocycles. The first kappa shape index (κ1) is 16.5. The second-order valence-corrected chi connectivity index (χ2v) is 6.06. The van der Waals surface area contributed by atoms with Crippen LogP contribution < -0.4 is 11.4 Å². The number of carbonyl (C=O) groups excluding carboxylic acids is 1. The van der Waals surface area contributed by atoms with E-state index in [-0.39, 0.29) is 28.4 Å². The Labute approximate surface area is 152 Å². The molecular formula is C19H15N5O3. The smallest absolute Gasteiger partial charge is 0.332 e. The molecule has 0 aliphatic heterocycles. The number of hydrogen-bond donors (Lipinski definition) is 3. The van der Waals surface area contributed by atoms with E-state index in [1.807, 2.05) is 19.1 Å². The van der Waals surface area contributed by atoms with E-state index in [4.69, 9.17) is 5.73 Å². The number of aromatic hydroxyl groups is 1. The summed E-state index contributed by atoms with van der Waals surface area (Å²) >= 11 is 0. The number of amides is 1. The van der Waals surface area contributed by atoms with E-state index < -0.39 is 11.6 Å². The number of phenolic OH excluding ortho intramolecular Hbond substituents is 1. The minimum absolute atomic E-state index is 0.0298. The number of nitrogens with zero attached hydrogens (tertiary/aromatic N) is 3. The van der Waals surface area contributed by atoms with Crippen LogP contribution in [0.1, 0.15) is 16.1 Å². The predicted molar refractivity (Wildman–Crippen MR) is 99.8 cm³/mol. The highest BCUT2D eigenvalue weighted by Crippen LogP contribution is 2.24. The molecule has 0 atom stereocenters. The van der Waals surface area contributed by atoms with Crippen molar-refractivity contribution in [1.82, 2.24) is 19.5 Å². The van der Waals surface area contributed by atoms with Crippen molar-refractivity contribution in [2.75, 3.05) is 0 Å². The highest BCUT2D eigenvalue weighted by atomic mass is 16.3. The number of benzene rings is 2. The Morgan fingerprint density at radius 1 is 1.15 bits per heavy atom. The summed E-state index contributed by atoms with van der Waals surface area (Å²) < 4.78 is 1.38. The average Bonchev–Trinajstić information content (AvgIpc) is 2.97. The number of H-pyrrole nitrogens is 1. The average molecular weight is 361 g/mol. The van der Waals surface area contributed by atoms with Crippen LogP contribution in [0.3, 0.4) is 0 Å². The third kappa shape index (κ3) is 2.73. The molecule has 0 aliphatic rings. The monoisotopic (exact) mass is 361 g/mol. The zero-order valence-electron chi connectivity index (χ0n) is 14.3. The molecule has 134 valence electrons. The summed E-state index contributed by atoms with van der Waals surface area (Å²) in [6.45, 7) is 1.87. The van der Waals surface area contributed by atoms with Gasteiger partial charge in [0.05, 0.1) is 5.69 Å². The van der Waals surface area contributed by atoms with Crippen LogP contribution in [0, 0.1) is 6.92 Å². The van der Waals surface area contributed by atoms with Crippen molar-refractivity contribution in [2.45, 2.75) is 6.92 Å². The Morgan fingerprint density at radius 3 is 2.63 bits per heavy atom. The van der Waals surface area contributed by atoms with E-state index in [9.17, 15) is 14.7 Å². The molecule has 1 amide bonds. The van der Waals surface area contributed by atoms with Gasteiger partial charge in [0, 0.05) is 5.56 Å². The Morgan fingerprint density at radius 2 is 1.93 bits per heavy atom. The molecule has 0 saturated heterocycles. The van der Waals surface area contributed by atoms with Crippen LogP contribution in [0.4, 0.5) is 0 Å². The van der Waals surface area contributed by atoms with Crippen LogP contribution in [-0.4, -0.2) is 30.5 Å². The van der Waals surface area contributed by atoms with Crippen LogP contribution >= 0.6 is 0 Å². The summed E-state index contributed by atoms with van der Waals surface area (Å²) in [5.74, 6) is -0.585. The summed E-state index contributed by atoms with van der Waals surface area (Å²) in [5.41, 5.74) is 7.30. The van der Waals surface area contributed by atoms with Crippen molar-refractivity contribution >= 4 is 17.1 Å². The number of carbonyl (C=O) groups is 1. The fourth-order valence-corrected chi connectivity index (χ4v) is 2.98. The van der Waals surface area contributed by atoms with Crippen LogP contribution in [0.25, 0.3) is 28.2 Å². The molecule has 0 spiro atoms. The number of imidazole rings is 1. The van der Waals surface area contributed by atoms with Gasteiger partial charge in [0.15, 0.2) is 17.2 Å². The molecule has 0 unspecified atom stereocenters. The van der Waals surface area contributed by atoms with Gasteiger partial charge >= 0.3 is 5.69 Å². The SMILES string of the molecule is Cc1ccccc1-n1c(=O)[nH]c2c(C(N)=O)nc(-c3cccc(O)c3)nc21. The first-order valence-corrected chi connectivity index (χ1v) is 8.13. The normalized spacial score (nSPS) is 11.0. The third-order valence-corrected chi connectivity index (χ3v) is 4.23. The minimum atomic E-state index is -0.790. The fourth-order valence-electron chi connectivity index (χ4n) is 2.98. The zero-order valence-corrected chi connectivity index (χ0v) is 14.3. The second kappa shape index (κ2) is 6.10. The second-order valence-electron chi connectivity index (χ2n) is 6.06. The zero-order chi connectivity index (χ0) is 19.1. The van der Waals surface area contributed by atoms with Crippen LogP contribution in [0.15, 0.2) is 53.3 Å². The van der Waals surface area contributed by atoms with Gasteiger partial charge in [-0.05, 0) is 30.7 Å². The number of phenols is 1. The van der Waals surface area contributed by atoms with Gasteiger partial charge < -0.3 is 15.8 Å². The highest BCUT2D eigenvalue weighted by molar-refractivity contribution is 6.02. The predicted octanol–water partition coefficient (Wildman–Crippen LogP) is 1.89. The maximum absolute atomic E-state index is 12.6. The maximum atomic E-state index is 12.6. The number of fused-ring (bicyclic) bond motifs is 1. The van der Waals surface area contributed by atoms with E-state index in [2.05, 4.69) is 15.0 Å². The van der Waals surface area contributed by atoms with E-state index in [0.717, 1.165) is 5.56 Å². The lowest BCUT2D eigenvalue weighted by molar-refractivity contribution is 0.0997. The highest BCUT2D eigenvalue weighted by Gasteiger charge is 2.20. The Hall–Kier alpha value is -3.94. The number of aromatic amines is 1. The number of nitrogens with two attached hydrogens (primary N) is 1. The van der Waals surface area contributed by atoms with Crippen molar-refractivity contribution in [1.29, 1.82) is 0 Å². The Balaban J connectivity index is 2.10. The summed E-state index contributed by atoms with van der Waals surface area (Å²) in [6, 6.07) is 13.6. The molecule has 0 saturated carbocycles. The number of hydrogen-bond acceptors (Lipinski definition) is 5. The first-order valence-electron chi connectivity index (χ1n) is 8.13. The van der Waals surface area contributed by atoms with Crippen molar-refractivity contribution in [3.63, 3.8) is 0 Å². The first-order chi connectivity index (χ1) is 13.0. The standard InChI is InChI=1S/C19H15N5O3/c1-10-5-2-3-8-13(10)24-18-15(22-19(24)27)14(16(20)26)21-17(23-18)11-6-4-7-12(25)9-11/h2-9,25H,1H3,(H2,20,26)(H,22,27). The van der Waals surface area contributed by atoms with Crippen molar-refractivity contribution in [2.24, 2.45) is 5.73 Å². The lowest BCUT2D eigenvalue weighted by atomic mass is 10.2. The van der Waals surface area contributed by atoms with E-state index in [1.165, 1.54) is 16.7 Å². The van der Waals surface area contributed by atoms with E-state index in [0.29, 0.717) is 11.3 Å². The van der Waals surface area contributed by atoms with Crippen molar-refractivity contribution in [3.05, 3.63) is 70.3 Å². The Kier molecular flexibility index (Phi) is 3.73. The van der Waals surface area contributed by atoms with Gasteiger partial charge in [-0.2, -0.15) is 0 Å². The number of nitrogens with one attached hydrogen (secondary N) is 1. The number of para-hydroxylation sites is 1. The fraction of sp³-hybridized carbons (Fsp3) is 0.0526. The molecule has 4 rings (SSSR count). The number of aromatic nitrogens is 4. The topological polar surface area (TPSA) is 127 Å². The summed E-state index contributed by atoms with van der Waals surface area (Å²) in [4.78, 5) is 35.9. The van der Waals surface area contributed by atoms with Gasteiger partial charge in [-0.25, -0.2) is 19.3 Å². The molecule has 2 aromatic heterocycles. The Bertz CT molecular complexity index is 1260. The largest absolute Gasteiger partial charge is 0.508 e. The van der Waals surface area contributed by atoms with Gasteiger partial charge in [0.25, 0.3) is 5.91 Å². The molecule has 4 aromatic rings. The lowest BCUT2D eigenvalue weighted by Gasteiger charge is -2.08. The maximum Gasteiger partial charge on any atom is 0.332 e. The van der Waals surface area contributed by atoms with Gasteiger partial charge in [0.2, 0.25) is 0 Å². The van der Waals surface area contributed by atoms with E-state index >= 15 is 0 Å². The number of primary amides is 1. The number of rotatable bonds is 3. The van der Waals surface area contributed by atoms with Crippen LogP contribution in [-0.2, 0) is 0 Å². The number of aryl methyl sites for hydroxylation is 1. The molecule has 2 aromatic carbocycles. The summed E-state index contributed by atoms with van der Waals surface area (Å²) in [6.07, 6.45) is 0. The van der Waals surface area contributed by atoms with Crippen molar-refractivity contribution < 1.29 is 9.90 Å². The van der Waals surface area contributed by atoms with Crippen molar-refractivity contribution in [3.8, 4) is 22.8 Å². The third-order valence-electron chi connectivity index (χ3n) is 4.23. The lowest BCUT2D eigenvalue weighted by Crippen LogP contribution is -2.16. The molecule has 8 nitrogen and oxygen atoms in total. The molecule has 0 bridgehead atoms. The molecular weight excluding hydrogens is 346 g/mol. The molecule has 2 heterocycles. The summed E-state index contributed by atoms with van der Waals surface area (Å²) in [7, 11) is 0. The van der Waals surface area contributed by atoms with Crippen LogP contribution in [0.2, 0.25) is 0 Å². The molecule has 0 radical (unpaired) electrons. The molecule has 4 N–H and O–H groups in total. The molecule has 0 fully saturated rings. The van der Waals surface area contributed by atoms with Gasteiger partial charge in [-0.15, -0.1) is 0 Å². The molecule has 27 heavy (non-hydrogen) atoms. The van der Waals surface area contributed by atoms with Gasteiger partial charge in [0.1, 0.15) is 11.3 Å². The van der Waals surface area contributed by atoms with Crippen LogP contribution in [0.5, 0.6) is 5.75 Å². The quantitative estimate of drug-likeness (QED) is 0.513. The van der Waals surface area contributed by atoms with E-state index in [1.54, 1.807) is 24.3 Å².